The van der Waals surface area contributed by atoms with Gasteiger partial charge in [0.05, 0.1) is 129 Å². The fourth-order valence-electron chi connectivity index (χ4n) is 22.9. The van der Waals surface area contributed by atoms with E-state index in [1.165, 1.54) is 149 Å². The van der Waals surface area contributed by atoms with Crippen LogP contribution in [0.2, 0.25) is 0 Å². The lowest BCUT2D eigenvalue weighted by Gasteiger charge is -2.43. The molecule has 131 heavy (non-hydrogen) atoms. The van der Waals surface area contributed by atoms with Crippen molar-refractivity contribution in [3.8, 4) is 0 Å². The first-order chi connectivity index (χ1) is 62.5. The van der Waals surface area contributed by atoms with Gasteiger partial charge >= 0.3 is 11.9 Å². The molecule has 20 unspecified atom stereocenters. The Bertz CT molecular complexity index is 4050. The lowest BCUT2D eigenvalue weighted by Crippen LogP contribution is -2.72. The number of esters is 2. The predicted octanol–water partition coefficient (Wildman–Crippen LogP) is -0.973. The van der Waals surface area contributed by atoms with Crippen molar-refractivity contribution in [3.05, 3.63) is 35.9 Å². The number of methoxy groups -OCH3 is 21. The second-order valence-electron chi connectivity index (χ2n) is 37.0. The molecule has 10 aliphatic rings. The summed E-state index contributed by atoms with van der Waals surface area (Å²) >= 11 is 0. The number of carbonyl (C=O) groups excluding carboxylic acids is 11. The van der Waals surface area contributed by atoms with E-state index < -0.39 is 255 Å². The maximum atomic E-state index is 17.5. The van der Waals surface area contributed by atoms with E-state index in [2.05, 4.69) is 48.1 Å². The zero-order valence-corrected chi connectivity index (χ0v) is 79.3. The molecular weight excluding hydrogens is 1720 g/mol. The number of amides is 8. The number of hydrogen-bond acceptors (Lipinski definition) is 34. The molecule has 0 saturated heterocycles. The minimum Gasteiger partial charge on any atom is -0.468 e. The van der Waals surface area contributed by atoms with E-state index in [9.17, 15) is 9.59 Å². The van der Waals surface area contributed by atoms with Crippen molar-refractivity contribution in [1.29, 1.82) is 0 Å². The highest BCUT2D eigenvalue weighted by atomic mass is 16.6. The van der Waals surface area contributed by atoms with Crippen LogP contribution in [0.25, 0.3) is 0 Å². The SMILES string of the molecule is COC(=O)C1(NNC(=O)C2(NC(=O)C3(NC(=O)C4(NC(=O)C5(C(=O)C6(NC(=O)C7(NC(=O)C8(NC(=O)C9(NC(=O)C%10(C(=O)OCc%11ccccc%11)CC(OC)C(OC)C%10)CC(OC)C(OC)C9)CC(OC)C(OC)C8)CC(OC)C(OC)C7)CC(OC)C(OC)C6)CC(OC)C(OC)C5)CC(OC)C(OC)C4)CC(OC)C(OC)C3)CC(OC)C(OC)C2)CC(OC)C(OC)C1. The number of benzene rings is 1. The van der Waals surface area contributed by atoms with Crippen molar-refractivity contribution in [3.63, 3.8) is 0 Å². The molecule has 10 aliphatic carbocycles. The van der Waals surface area contributed by atoms with Crippen molar-refractivity contribution in [2.45, 2.75) is 301 Å². The fourth-order valence-corrected chi connectivity index (χ4v) is 22.9. The van der Waals surface area contributed by atoms with Crippen LogP contribution >= 0.6 is 0 Å². The summed E-state index contributed by atoms with van der Waals surface area (Å²) in [6.45, 7) is -0.211. The summed E-state index contributed by atoms with van der Waals surface area (Å²) in [5.41, 5.74) is -14.6. The van der Waals surface area contributed by atoms with Crippen molar-refractivity contribution in [2.24, 2.45) is 10.8 Å². The van der Waals surface area contributed by atoms with E-state index in [0.29, 0.717) is 5.56 Å². The van der Waals surface area contributed by atoms with Crippen LogP contribution in [0, 0.1) is 10.8 Å². The minimum absolute atomic E-state index is 0.00645. The number of ketones is 1. The number of ether oxygens (including phenoxy) is 22. The number of carbonyl (C=O) groups is 11. The topological polar surface area (TPSA) is 499 Å². The average molecular weight is 1860 g/mol. The Labute approximate surface area is 764 Å². The Hall–Kier alpha value is -7.25. The van der Waals surface area contributed by atoms with Crippen molar-refractivity contribution in [1.82, 2.24) is 48.1 Å². The predicted molar refractivity (Wildman–Crippen MR) is 457 cm³/mol. The van der Waals surface area contributed by atoms with Crippen LogP contribution in [0.3, 0.4) is 0 Å². The van der Waals surface area contributed by atoms with Gasteiger partial charge in [-0.25, -0.2) is 10.2 Å². The Morgan fingerprint density at radius 2 is 0.420 bits per heavy atom. The van der Waals surface area contributed by atoms with Gasteiger partial charge in [0.25, 0.3) is 5.91 Å². The van der Waals surface area contributed by atoms with Crippen LogP contribution in [-0.2, 0) is 164 Å². The molecule has 8 amide bonds. The van der Waals surface area contributed by atoms with Gasteiger partial charge in [-0.1, -0.05) is 30.3 Å². The molecule has 10 saturated carbocycles. The van der Waals surface area contributed by atoms with Crippen molar-refractivity contribution < 1.29 is 157 Å². The molecular formula is C89H139N9O33. The van der Waals surface area contributed by atoms with Gasteiger partial charge in [0.1, 0.15) is 56.3 Å². The minimum atomic E-state index is -2.39. The summed E-state index contributed by atoms with van der Waals surface area (Å²) in [6.07, 6.45) is -23.7. The van der Waals surface area contributed by atoms with Crippen LogP contribution in [0.15, 0.2) is 30.3 Å². The molecule has 0 aliphatic heterocycles. The number of rotatable bonds is 43. The van der Waals surface area contributed by atoms with Gasteiger partial charge < -0.3 is 141 Å². The molecule has 10 fully saturated rings. The molecule has 9 N–H and O–H groups in total. The highest BCUT2D eigenvalue weighted by molar-refractivity contribution is 6.14. The third kappa shape index (κ3) is 19.8. The normalized spacial score (nSPS) is 40.0. The van der Waals surface area contributed by atoms with Gasteiger partial charge in [0.2, 0.25) is 41.4 Å². The monoisotopic (exact) mass is 1860 g/mol. The second kappa shape index (κ2) is 43.0. The maximum absolute atomic E-state index is 17.5. The summed E-state index contributed by atoms with van der Waals surface area (Å²) in [7, 11) is 29.3. The first-order valence-electron chi connectivity index (χ1n) is 44.3. The molecule has 1 aromatic rings. The number of hydrazine groups is 1. The Morgan fingerprint density at radius 3 is 0.656 bits per heavy atom. The van der Waals surface area contributed by atoms with Crippen LogP contribution in [-0.4, -0.2) is 381 Å². The third-order valence-corrected chi connectivity index (χ3v) is 30.6. The number of Topliss-reactive ketones (excluding diaryl/α,β-unsaturated/α-hetero) is 1. The van der Waals surface area contributed by atoms with E-state index in [4.69, 9.17) is 104 Å². The van der Waals surface area contributed by atoms with Gasteiger partial charge in [0.15, 0.2) is 11.2 Å². The van der Waals surface area contributed by atoms with Crippen molar-refractivity contribution in [2.75, 3.05) is 149 Å². The third-order valence-electron chi connectivity index (χ3n) is 30.6. The highest BCUT2D eigenvalue weighted by Crippen LogP contribution is 2.53. The summed E-state index contributed by atoms with van der Waals surface area (Å²) < 4.78 is 131. The molecule has 1 aromatic carbocycles. The summed E-state index contributed by atoms with van der Waals surface area (Å²) in [4.78, 5) is 177. The van der Waals surface area contributed by atoms with Crippen LogP contribution < -0.4 is 48.1 Å². The summed E-state index contributed by atoms with van der Waals surface area (Å²) in [6, 6.07) is 8.85. The highest BCUT2D eigenvalue weighted by Gasteiger charge is 2.71. The van der Waals surface area contributed by atoms with Crippen LogP contribution in [0.5, 0.6) is 0 Å². The van der Waals surface area contributed by atoms with E-state index in [-0.39, 0.29) is 122 Å². The quantitative estimate of drug-likeness (QED) is 0.0216. The fraction of sp³-hybridized carbons (Fsp3) is 0.809. The van der Waals surface area contributed by atoms with Gasteiger partial charge in [-0.05, 0) is 18.4 Å². The van der Waals surface area contributed by atoms with Gasteiger partial charge in [0, 0.05) is 258 Å². The molecule has 42 heteroatoms. The van der Waals surface area contributed by atoms with Crippen LogP contribution in [0.1, 0.15) is 134 Å². The number of hydrogen-bond donors (Lipinski definition) is 9. The molecule has 11 rings (SSSR count). The summed E-state index contributed by atoms with van der Waals surface area (Å²) in [5, 5.41) is 21.5. The molecule has 0 aromatic heterocycles. The Morgan fingerprint density at radius 1 is 0.229 bits per heavy atom. The Kier molecular flexibility index (Phi) is 34.2. The standard InChI is InChI=1S/C89H139N9O33/c1-110-49-27-80(28-50(49)111-2,70(100)90-83(33-55(116-7)56(34-83)117-8)73(103)93-87(41-63(124-15)64(42-87)125-16)76(106)96-88(43-65(126-17)66(44-88)127-18)77(107)97-98-89(79(109)130-21)45-67(128-19)68(46-89)129-20)69(99)82(31-53(114-5)54(32-82)115-6)92-72(102)85(37-59(120-11)60(38-85)121-12)95-75(105)86(39-61(122-13)62(40-86)123-14)94-74(104)84(35-57(118-9)58(36-84)119-10)91-71(101)81(29-51(112-3)52(30-81)113-4)78(108)131-47-48-25-23-22-24-26-48/h22-26,49-68,98H,27-47H2,1-21H3,(H,90,100)(H,91,101)(H,92,102)(H,93,103)(H,94,104)(H,95,105)(H,96,106)(H,97,107). The smallest absolute Gasteiger partial charge is 0.328 e. The Balaban J connectivity index is 0.969. The molecule has 0 spiro atoms. The molecule has 42 nitrogen and oxygen atoms in total. The molecule has 0 radical (unpaired) electrons. The van der Waals surface area contributed by atoms with E-state index in [1.807, 2.05) is 0 Å². The zero-order valence-electron chi connectivity index (χ0n) is 79.3. The molecule has 0 bridgehead atoms. The molecule has 20 atom stereocenters. The van der Waals surface area contributed by atoms with Crippen molar-refractivity contribution >= 4 is 65.0 Å². The largest absolute Gasteiger partial charge is 0.468 e. The number of nitrogens with one attached hydrogen (secondary N) is 9. The summed E-state index contributed by atoms with van der Waals surface area (Å²) in [5.74, 6) is -10.2. The maximum Gasteiger partial charge on any atom is 0.328 e. The lowest BCUT2D eigenvalue weighted by molar-refractivity contribution is -0.164. The molecule has 738 valence electrons. The first kappa shape index (κ1) is 104. The van der Waals surface area contributed by atoms with Crippen LogP contribution in [0.4, 0.5) is 0 Å². The average Bonchev–Trinajstić information content (AvgIpc) is 1.57. The van der Waals surface area contributed by atoms with Gasteiger partial charge in [-0.3, -0.25) is 53.4 Å². The van der Waals surface area contributed by atoms with Gasteiger partial charge in [-0.15, -0.1) is 0 Å². The van der Waals surface area contributed by atoms with E-state index in [0.717, 1.165) is 0 Å². The second-order valence-corrected chi connectivity index (χ2v) is 37.0. The molecule has 0 heterocycles. The lowest BCUT2D eigenvalue weighted by atomic mass is 9.70. The van der Waals surface area contributed by atoms with Gasteiger partial charge in [-0.2, -0.15) is 0 Å². The van der Waals surface area contributed by atoms with E-state index in [1.54, 1.807) is 30.3 Å². The van der Waals surface area contributed by atoms with E-state index >= 15 is 43.2 Å². The first-order valence-corrected chi connectivity index (χ1v) is 44.3. The zero-order chi connectivity index (χ0) is 95.8.